The highest BCUT2D eigenvalue weighted by molar-refractivity contribution is 6.89. The Morgan fingerprint density at radius 1 is 0.667 bits per heavy atom. The van der Waals surface area contributed by atoms with Crippen molar-refractivity contribution < 1.29 is 12.3 Å². The fraction of sp³-hybridized carbons (Fsp3) is 0.714. The van der Waals surface area contributed by atoms with E-state index in [1.807, 2.05) is 12.2 Å². The first-order valence-electron chi connectivity index (χ1n) is 7.50. The average molecular weight is 363 g/mol. The summed E-state index contributed by atoms with van der Waals surface area (Å²) in [5.41, 5.74) is 0.232. The van der Waals surface area contributed by atoms with Crippen LogP contribution in [0, 0.1) is 0 Å². The van der Waals surface area contributed by atoms with E-state index in [2.05, 4.69) is 72.1 Å². The molecule has 0 aliphatic heterocycles. The van der Waals surface area contributed by atoms with E-state index in [0.717, 1.165) is 0 Å². The van der Waals surface area contributed by atoms with E-state index >= 15 is 0 Å². The Morgan fingerprint density at radius 3 is 1.38 bits per heavy atom. The van der Waals surface area contributed by atoms with Gasteiger partial charge in [-0.05, 0) is 58.9 Å². The van der Waals surface area contributed by atoms with Crippen molar-refractivity contribution >= 4 is 33.8 Å². The van der Waals surface area contributed by atoms with E-state index in [-0.39, 0.29) is 5.54 Å². The topological polar surface area (TPSA) is 27.7 Å². The van der Waals surface area contributed by atoms with Gasteiger partial charge in [-0.25, -0.2) is 0 Å². The van der Waals surface area contributed by atoms with E-state index < -0.39 is 33.8 Å². The first-order chi connectivity index (χ1) is 9.14. The molecule has 0 unspecified atom stereocenters. The molecule has 0 aliphatic carbocycles. The Labute approximate surface area is 136 Å². The number of hydrogen-bond donors (Lipinski definition) is 0. The van der Waals surface area contributed by atoms with Gasteiger partial charge >= 0.3 is 17.1 Å². The van der Waals surface area contributed by atoms with Gasteiger partial charge in [-0.15, -0.1) is 13.2 Å². The maximum atomic E-state index is 6.50. The lowest BCUT2D eigenvalue weighted by Gasteiger charge is -2.41. The minimum Gasteiger partial charge on any atom is -0.437 e. The minimum atomic E-state index is -2.24. The van der Waals surface area contributed by atoms with Crippen LogP contribution < -0.4 is 0 Å². The summed E-state index contributed by atoms with van der Waals surface area (Å²) < 4.78 is 19.2. The van der Waals surface area contributed by atoms with Crippen molar-refractivity contribution in [2.24, 2.45) is 0 Å². The molecule has 0 aromatic carbocycles. The third kappa shape index (κ3) is 8.43. The zero-order valence-corrected chi connectivity index (χ0v) is 19.4. The third-order valence-corrected chi connectivity index (χ3v) is 17.4. The molecule has 0 amide bonds. The van der Waals surface area contributed by atoms with Crippen molar-refractivity contribution in [3.05, 3.63) is 25.3 Å². The first kappa shape index (κ1) is 21.2. The fourth-order valence-corrected chi connectivity index (χ4v) is 21.2. The summed E-state index contributed by atoms with van der Waals surface area (Å²) >= 11 is 0. The van der Waals surface area contributed by atoms with Gasteiger partial charge in [0.2, 0.25) is 0 Å². The van der Waals surface area contributed by atoms with Crippen molar-refractivity contribution in [2.45, 2.75) is 64.5 Å². The summed E-state index contributed by atoms with van der Waals surface area (Å²) in [6.45, 7) is 27.3. The van der Waals surface area contributed by atoms with Crippen molar-refractivity contribution in [3.63, 3.8) is 0 Å². The standard InChI is InChI=1S/C14H34O3Si4/c1-12-14(13-2)19(6,7)16-21(10,11)17-20(8,9)15-18(3,4)5/h12-14H,1-2H2,3-11H3. The molecule has 0 atom stereocenters. The van der Waals surface area contributed by atoms with Crippen LogP contribution in [0.1, 0.15) is 0 Å². The molecule has 0 rings (SSSR count). The van der Waals surface area contributed by atoms with Crippen LogP contribution in [0.4, 0.5) is 0 Å². The Bertz CT molecular complexity index is 365. The molecule has 3 nitrogen and oxygen atoms in total. The van der Waals surface area contributed by atoms with Crippen LogP contribution in [0.2, 0.25) is 64.5 Å². The summed E-state index contributed by atoms with van der Waals surface area (Å²) in [6, 6.07) is 0. The normalized spacial score (nSPS) is 14.4. The van der Waals surface area contributed by atoms with E-state index in [0.29, 0.717) is 0 Å². The lowest BCUT2D eigenvalue weighted by Crippen LogP contribution is -2.56. The van der Waals surface area contributed by atoms with Gasteiger partial charge in [-0.3, -0.25) is 0 Å². The molecule has 0 fully saturated rings. The Hall–Kier alpha value is 0.228. The molecule has 0 saturated carbocycles. The molecule has 0 spiro atoms. The lowest BCUT2D eigenvalue weighted by molar-refractivity contribution is 0.329. The van der Waals surface area contributed by atoms with Gasteiger partial charge in [-0.2, -0.15) is 0 Å². The van der Waals surface area contributed by atoms with Gasteiger partial charge < -0.3 is 12.3 Å². The van der Waals surface area contributed by atoms with Crippen molar-refractivity contribution in [3.8, 4) is 0 Å². The van der Waals surface area contributed by atoms with Gasteiger partial charge in [0, 0.05) is 5.54 Å². The van der Waals surface area contributed by atoms with Gasteiger partial charge in [0.15, 0.2) is 16.6 Å². The lowest BCUT2D eigenvalue weighted by atomic mass is 10.4. The molecule has 7 heteroatoms. The Balaban J connectivity index is 4.98. The molecule has 0 heterocycles. The summed E-state index contributed by atoms with van der Waals surface area (Å²) in [7, 11) is -7.96. The number of allylic oxidation sites excluding steroid dienone is 2. The van der Waals surface area contributed by atoms with E-state index in [4.69, 9.17) is 12.3 Å². The molecule has 0 bridgehead atoms. The Kier molecular flexibility index (Phi) is 7.28. The fourth-order valence-electron chi connectivity index (χ4n) is 2.74. The molecule has 0 N–H and O–H groups in total. The van der Waals surface area contributed by atoms with Crippen LogP contribution in [-0.2, 0) is 12.3 Å². The largest absolute Gasteiger partial charge is 0.437 e. The second-order valence-corrected chi connectivity index (χ2v) is 24.0. The molecule has 0 aromatic heterocycles. The molecule has 0 aromatic rings. The highest BCUT2D eigenvalue weighted by atomic mass is 28.5. The number of rotatable bonds is 9. The highest BCUT2D eigenvalue weighted by Crippen LogP contribution is 2.30. The average Bonchev–Trinajstić information content (AvgIpc) is 2.09. The third-order valence-electron chi connectivity index (χ3n) is 2.86. The van der Waals surface area contributed by atoms with E-state index in [9.17, 15) is 0 Å². The van der Waals surface area contributed by atoms with Crippen LogP contribution in [0.15, 0.2) is 25.3 Å². The van der Waals surface area contributed by atoms with Crippen molar-refractivity contribution in [2.75, 3.05) is 0 Å². The maximum absolute atomic E-state index is 6.50. The summed E-state index contributed by atoms with van der Waals surface area (Å²) in [4.78, 5) is 0. The second-order valence-electron chi connectivity index (χ2n) is 7.82. The first-order valence-corrected chi connectivity index (χ1v) is 19.5. The van der Waals surface area contributed by atoms with Gasteiger partial charge in [0.1, 0.15) is 0 Å². The van der Waals surface area contributed by atoms with Crippen LogP contribution in [0.25, 0.3) is 0 Å². The predicted molar refractivity (Wildman–Crippen MR) is 103 cm³/mol. The zero-order chi connectivity index (χ0) is 17.1. The van der Waals surface area contributed by atoms with E-state index in [1.54, 1.807) is 0 Å². The smallest absolute Gasteiger partial charge is 0.312 e. The highest BCUT2D eigenvalue weighted by Gasteiger charge is 2.43. The van der Waals surface area contributed by atoms with Gasteiger partial charge in [0.05, 0.1) is 0 Å². The second kappa shape index (κ2) is 7.20. The molecule has 21 heavy (non-hydrogen) atoms. The number of hydrogen-bond acceptors (Lipinski definition) is 3. The molecule has 0 radical (unpaired) electrons. The van der Waals surface area contributed by atoms with Crippen LogP contribution in [0.5, 0.6) is 0 Å². The predicted octanol–water partition coefficient (Wildman–Crippen LogP) is 5.22. The zero-order valence-electron chi connectivity index (χ0n) is 15.4. The van der Waals surface area contributed by atoms with Crippen LogP contribution in [-0.4, -0.2) is 33.8 Å². The molecular weight excluding hydrogens is 328 g/mol. The van der Waals surface area contributed by atoms with Crippen LogP contribution in [0.3, 0.4) is 0 Å². The summed E-state index contributed by atoms with van der Waals surface area (Å²) in [5.74, 6) is 0. The molecule has 0 saturated heterocycles. The van der Waals surface area contributed by atoms with E-state index in [1.165, 1.54) is 0 Å². The van der Waals surface area contributed by atoms with Gasteiger partial charge in [-0.1, -0.05) is 12.2 Å². The molecule has 124 valence electrons. The monoisotopic (exact) mass is 362 g/mol. The maximum Gasteiger partial charge on any atom is 0.312 e. The Morgan fingerprint density at radius 2 is 1.05 bits per heavy atom. The quantitative estimate of drug-likeness (QED) is 0.415. The molecular formula is C14H34O3Si4. The SMILES string of the molecule is C=CC(C=C)[Si](C)(C)O[Si](C)(C)O[Si](C)(C)O[Si](C)(C)C. The minimum absolute atomic E-state index is 0.232. The summed E-state index contributed by atoms with van der Waals surface area (Å²) in [6.07, 6.45) is 3.87. The summed E-state index contributed by atoms with van der Waals surface area (Å²) in [5, 5.41) is 0. The van der Waals surface area contributed by atoms with Crippen molar-refractivity contribution in [1.82, 2.24) is 0 Å². The molecule has 0 aliphatic rings. The van der Waals surface area contributed by atoms with Gasteiger partial charge in [0.25, 0.3) is 0 Å². The van der Waals surface area contributed by atoms with Crippen LogP contribution >= 0.6 is 0 Å². The van der Waals surface area contributed by atoms with Crippen molar-refractivity contribution in [1.29, 1.82) is 0 Å².